The Kier molecular flexibility index (Phi) is 3.96. The van der Waals surface area contributed by atoms with Crippen LogP contribution in [0.15, 0.2) is 24.2 Å². The zero-order chi connectivity index (χ0) is 11.6. The third-order valence-electron chi connectivity index (χ3n) is 1.53. The van der Waals surface area contributed by atoms with Crippen molar-refractivity contribution in [1.82, 2.24) is 0 Å². The molecule has 0 aliphatic heterocycles. The molecule has 15 heavy (non-hydrogen) atoms. The minimum absolute atomic E-state index is 0. The number of hydrogen-bond donors (Lipinski definition) is 1. The van der Waals surface area contributed by atoms with Crippen LogP contribution in [0.2, 0.25) is 0 Å². The number of halogens is 4. The van der Waals surface area contributed by atoms with E-state index in [1.54, 1.807) is 0 Å². The number of alkyl halides is 3. The van der Waals surface area contributed by atoms with Gasteiger partial charge in [0.05, 0.1) is 13.4 Å². The van der Waals surface area contributed by atoms with E-state index >= 15 is 0 Å². The molecule has 0 aromatic heterocycles. The van der Waals surface area contributed by atoms with Gasteiger partial charge in [-0.2, -0.15) is 13.2 Å². The minimum atomic E-state index is -4.58. The number of carbonyl (C=O) groups is 1. The Labute approximate surface area is 92.1 Å². The average Bonchev–Trinajstić information content (AvgIpc) is 2.05. The van der Waals surface area contributed by atoms with Crippen LogP contribution in [0, 0.1) is 0 Å². The maximum Gasteiger partial charge on any atom is 0.416 e. The van der Waals surface area contributed by atoms with Crippen LogP contribution in [0.5, 0.6) is 0 Å². The molecule has 2 N–H and O–H groups in total. The molecule has 1 aromatic rings. The van der Waals surface area contributed by atoms with Gasteiger partial charge in [-0.05, 0) is 11.6 Å². The molecule has 0 bridgehead atoms. The summed E-state index contributed by atoms with van der Waals surface area (Å²) in [5, 5.41) is 0. The molecule has 0 unspecified atom stereocenters. The second-order valence-corrected chi connectivity index (χ2v) is 2.73. The first-order chi connectivity index (χ1) is 6.82. The normalized spacial score (nSPS) is 11.5. The van der Waals surface area contributed by atoms with E-state index in [9.17, 15) is 18.0 Å². The van der Waals surface area contributed by atoms with E-state index < -0.39 is 23.7 Å². The topological polar surface area (TPSA) is 43.1 Å². The number of nitrogens with two attached hydrogens (primary N) is 1. The molecule has 0 aliphatic rings. The van der Waals surface area contributed by atoms with Crippen molar-refractivity contribution in [3.8, 4) is 0 Å². The maximum atomic E-state index is 12.3. The smallest absolute Gasteiger partial charge is 0.369 e. The summed E-state index contributed by atoms with van der Waals surface area (Å²) in [5.74, 6) is -0.761. The van der Waals surface area contributed by atoms with Crippen molar-refractivity contribution >= 4 is 18.3 Å². The van der Waals surface area contributed by atoms with E-state index in [1.165, 1.54) is 6.07 Å². The maximum absolute atomic E-state index is 12.3. The molecule has 1 aromatic carbocycles. The zero-order valence-electron chi connectivity index (χ0n) is 8.47. The van der Waals surface area contributed by atoms with Crippen molar-refractivity contribution in [1.29, 1.82) is 0 Å². The summed E-state index contributed by atoms with van der Waals surface area (Å²) in [5.41, 5.74) is 3.78. The molecule has 2 nitrogen and oxygen atoms in total. The quantitative estimate of drug-likeness (QED) is 0.846. The van der Waals surface area contributed by atoms with Gasteiger partial charge in [-0.25, -0.2) is 0 Å². The summed E-state index contributed by atoms with van der Waals surface area (Å²) in [7, 11) is 0. The molecule has 6 heteroatoms. The van der Waals surface area contributed by atoms with Crippen molar-refractivity contribution in [2.75, 3.05) is 0 Å². The van der Waals surface area contributed by atoms with Gasteiger partial charge in [0.2, 0.25) is 5.91 Å². The lowest BCUT2D eigenvalue weighted by Crippen LogP contribution is -2.14. The second kappa shape index (κ2) is 5.02. The molecule has 0 spiro atoms. The summed E-state index contributed by atoms with van der Waals surface area (Å²) in [6.07, 6.45) is -4.94. The third kappa shape index (κ3) is 4.20. The largest absolute Gasteiger partial charge is 0.416 e. The molecule has 0 heterocycles. The van der Waals surface area contributed by atoms with Crippen LogP contribution in [-0.4, -0.2) is 5.91 Å². The fourth-order valence-electron chi connectivity index (χ4n) is 0.973. The van der Waals surface area contributed by atoms with Gasteiger partial charge in [0.1, 0.15) is 0 Å². The lowest BCUT2D eigenvalue weighted by atomic mass is 10.1. The number of carbonyl (C=O) groups excluding carboxylic acids is 1. The predicted molar refractivity (Wildman–Crippen MR) is 51.6 cm³/mol. The fourth-order valence-corrected chi connectivity index (χ4v) is 0.973. The standard InChI is InChI=1S/C9H8F3NO.ClH/c10-9(11,12)7-3-1-2-6(4-7)5-8(13)14;/h1-4H,5H2,(H2,13,14);1H/i4D;. The monoisotopic (exact) mass is 240 g/mol. The van der Waals surface area contributed by atoms with Crippen LogP contribution in [0.4, 0.5) is 13.2 Å². The second-order valence-electron chi connectivity index (χ2n) is 2.73. The van der Waals surface area contributed by atoms with Gasteiger partial charge < -0.3 is 5.73 Å². The number of rotatable bonds is 2. The van der Waals surface area contributed by atoms with E-state index in [1.807, 2.05) is 0 Å². The average molecular weight is 241 g/mol. The summed E-state index contributed by atoms with van der Waals surface area (Å²) in [6, 6.07) is 2.54. The van der Waals surface area contributed by atoms with Crippen LogP contribution in [-0.2, 0) is 17.4 Å². The molecule has 0 aliphatic carbocycles. The van der Waals surface area contributed by atoms with E-state index in [4.69, 9.17) is 7.10 Å². The van der Waals surface area contributed by atoms with Crippen molar-refractivity contribution in [3.63, 3.8) is 0 Å². The first-order valence-electron chi connectivity index (χ1n) is 4.26. The Morgan fingerprint density at radius 1 is 1.47 bits per heavy atom. The molecule has 1 rings (SSSR count). The van der Waals surface area contributed by atoms with Crippen molar-refractivity contribution in [3.05, 3.63) is 35.4 Å². The highest BCUT2D eigenvalue weighted by molar-refractivity contribution is 5.85. The summed E-state index contributed by atoms with van der Waals surface area (Å²) in [4.78, 5) is 10.5. The Morgan fingerprint density at radius 2 is 2.07 bits per heavy atom. The number of benzene rings is 1. The third-order valence-corrected chi connectivity index (χ3v) is 1.53. The fraction of sp³-hybridized carbons (Fsp3) is 0.222. The number of amides is 1. The molecule has 0 saturated heterocycles. The van der Waals surface area contributed by atoms with E-state index in [-0.39, 0.29) is 24.4 Å². The van der Waals surface area contributed by atoms with Crippen molar-refractivity contribution in [2.45, 2.75) is 12.6 Å². The van der Waals surface area contributed by atoms with Crippen LogP contribution >= 0.6 is 12.4 Å². The Morgan fingerprint density at radius 3 is 2.53 bits per heavy atom. The summed E-state index contributed by atoms with van der Waals surface area (Å²) in [6.45, 7) is 0. The lowest BCUT2D eigenvalue weighted by molar-refractivity contribution is -0.137. The van der Waals surface area contributed by atoms with Crippen LogP contribution in [0.3, 0.4) is 0 Å². The van der Waals surface area contributed by atoms with Gasteiger partial charge in [-0.15, -0.1) is 12.4 Å². The lowest BCUT2D eigenvalue weighted by Gasteiger charge is -2.07. The van der Waals surface area contributed by atoms with Crippen molar-refractivity contribution in [2.24, 2.45) is 5.73 Å². The molecule has 1 amide bonds. The minimum Gasteiger partial charge on any atom is -0.369 e. The van der Waals surface area contributed by atoms with E-state index in [0.29, 0.717) is 0 Å². The summed E-state index contributed by atoms with van der Waals surface area (Å²) < 4.78 is 44.3. The molecular formula is C9H9ClF3NO. The molecule has 0 radical (unpaired) electrons. The molecule has 0 fully saturated rings. The zero-order valence-corrected chi connectivity index (χ0v) is 8.28. The molecule has 0 atom stereocenters. The molecular weight excluding hydrogens is 231 g/mol. The van der Waals surface area contributed by atoms with Gasteiger partial charge in [0, 0.05) is 0 Å². The van der Waals surface area contributed by atoms with Gasteiger partial charge in [-0.3, -0.25) is 4.79 Å². The van der Waals surface area contributed by atoms with Gasteiger partial charge in [0.25, 0.3) is 0 Å². The molecule has 84 valence electrons. The van der Waals surface area contributed by atoms with Crippen LogP contribution in [0.25, 0.3) is 0 Å². The Hall–Kier alpha value is -1.23. The van der Waals surface area contributed by atoms with Crippen LogP contribution in [0.1, 0.15) is 12.5 Å². The van der Waals surface area contributed by atoms with Crippen LogP contribution < -0.4 is 5.73 Å². The number of primary amides is 1. The Bertz CT molecular complexity index is 395. The SMILES string of the molecule is Cl.[2H]c1c(CC(N)=O)cccc1C(F)(F)F. The highest BCUT2D eigenvalue weighted by Crippen LogP contribution is 2.29. The van der Waals surface area contributed by atoms with Gasteiger partial charge in [-0.1, -0.05) is 18.2 Å². The first-order valence-corrected chi connectivity index (χ1v) is 3.76. The summed E-state index contributed by atoms with van der Waals surface area (Å²) >= 11 is 0. The molecule has 0 saturated carbocycles. The predicted octanol–water partition coefficient (Wildman–Crippen LogP) is 2.16. The van der Waals surface area contributed by atoms with E-state index in [2.05, 4.69) is 0 Å². The Balaban J connectivity index is 0.00000225. The highest BCUT2D eigenvalue weighted by atomic mass is 35.5. The van der Waals surface area contributed by atoms with Crippen molar-refractivity contribution < 1.29 is 19.3 Å². The highest BCUT2D eigenvalue weighted by Gasteiger charge is 2.30. The van der Waals surface area contributed by atoms with Gasteiger partial charge >= 0.3 is 6.18 Å². The number of hydrogen-bond acceptors (Lipinski definition) is 1. The first kappa shape index (κ1) is 11.8. The van der Waals surface area contributed by atoms with Gasteiger partial charge in [0.15, 0.2) is 0 Å². The van der Waals surface area contributed by atoms with E-state index in [0.717, 1.165) is 12.1 Å².